The predicted molar refractivity (Wildman–Crippen MR) is 211 cm³/mol. The minimum Gasteiger partial charge on any atom is -0.244 e. The summed E-state index contributed by atoms with van der Waals surface area (Å²) in [7, 11) is 0. The molecule has 3 heterocycles. The average molecular weight is 676 g/mol. The van der Waals surface area contributed by atoms with Gasteiger partial charge in [0, 0.05) is 33.2 Å². The third kappa shape index (κ3) is 6.35. The maximum absolute atomic E-state index is 8.62. The Bertz CT molecular complexity index is 3090. The van der Waals surface area contributed by atoms with Crippen molar-refractivity contribution in [1.29, 1.82) is 0 Å². The van der Waals surface area contributed by atoms with Crippen molar-refractivity contribution in [3.63, 3.8) is 0 Å². The Morgan fingerprint density at radius 1 is 0.308 bits per heavy atom. The minimum atomic E-state index is -0.579. The van der Waals surface area contributed by atoms with Gasteiger partial charge < -0.3 is 0 Å². The molecule has 0 aliphatic carbocycles. The number of fused-ring (bicyclic) bond motifs is 1. The first-order chi connectivity index (χ1) is 29.9. The van der Waals surface area contributed by atoms with Crippen molar-refractivity contribution in [2.24, 2.45) is 0 Å². The molecule has 9 aromatic rings. The average Bonchev–Trinajstić information content (AvgIpc) is 3.31. The van der Waals surface area contributed by atoms with Crippen molar-refractivity contribution in [2.75, 3.05) is 0 Å². The number of hydrogen-bond donors (Lipinski definition) is 0. The Morgan fingerprint density at radius 2 is 0.769 bits per heavy atom. The van der Waals surface area contributed by atoms with Crippen molar-refractivity contribution in [3.05, 3.63) is 188 Å². The van der Waals surface area contributed by atoms with Crippen molar-refractivity contribution in [2.45, 2.75) is 0 Å². The van der Waals surface area contributed by atoms with E-state index in [0.29, 0.717) is 17.1 Å². The first-order valence-corrected chi connectivity index (χ1v) is 16.4. The zero-order valence-corrected chi connectivity index (χ0v) is 27.4. The molecule has 3 aromatic heterocycles. The van der Waals surface area contributed by atoms with Crippen LogP contribution < -0.4 is 0 Å². The minimum absolute atomic E-state index is 0.0488. The van der Waals surface area contributed by atoms with E-state index in [0.717, 1.165) is 44.5 Å². The van der Waals surface area contributed by atoms with Crippen LogP contribution in [0.5, 0.6) is 0 Å². The van der Waals surface area contributed by atoms with Gasteiger partial charge >= 0.3 is 0 Å². The molecule has 0 aliphatic heterocycles. The number of para-hydroxylation sites is 1. The molecule has 0 spiro atoms. The molecule has 0 unspecified atom stereocenters. The molecule has 5 nitrogen and oxygen atoms in total. The number of hydrogen-bond acceptors (Lipinski definition) is 5. The molecule has 9 rings (SSSR count). The number of rotatable bonds is 7. The van der Waals surface area contributed by atoms with Crippen LogP contribution in [0.4, 0.5) is 0 Å². The number of aromatic nitrogens is 5. The molecular formula is C47H31N5. The van der Waals surface area contributed by atoms with E-state index < -0.39 is 60.4 Å². The lowest BCUT2D eigenvalue weighted by atomic mass is 10.0. The predicted octanol–water partition coefficient (Wildman–Crippen LogP) is 11.5. The van der Waals surface area contributed by atoms with Crippen LogP contribution in [0.15, 0.2) is 188 Å². The largest absolute Gasteiger partial charge is 0.244 e. The zero-order chi connectivity index (χ0) is 43.4. The van der Waals surface area contributed by atoms with Crippen molar-refractivity contribution in [3.8, 4) is 79.1 Å². The molecule has 5 heteroatoms. The summed E-state index contributed by atoms with van der Waals surface area (Å²) in [4.78, 5) is 24.0. The first-order valence-electron chi connectivity index (χ1n) is 21.4. The Hall–Kier alpha value is -7.11. The van der Waals surface area contributed by atoms with E-state index in [-0.39, 0.29) is 28.3 Å². The first kappa shape index (κ1) is 21.9. The molecule has 0 N–H and O–H groups in total. The molecule has 244 valence electrons. The lowest BCUT2D eigenvalue weighted by Gasteiger charge is -2.11. The van der Waals surface area contributed by atoms with Gasteiger partial charge in [-0.1, -0.05) is 164 Å². The van der Waals surface area contributed by atoms with Gasteiger partial charge in [0.15, 0.2) is 11.6 Å². The standard InChI is InChI=1S/C47H31N5/c1-4-12-34(13-5-1)42-30-43(35-14-6-2-7-15-35)50-46(49-42)39-26-22-33(23-27-39)32-20-24-38(25-21-32)45-31-44(36-16-8-3-9-17-36)51-47(52-45)41-29-28-37-18-10-11-19-40(37)48-41/h1-31H/i1D,2D,4D,5D,6D,7D,12D,13D,14D,15D. The van der Waals surface area contributed by atoms with Gasteiger partial charge in [-0.15, -0.1) is 0 Å². The summed E-state index contributed by atoms with van der Waals surface area (Å²) in [5, 5.41) is 1.02. The molecule has 6 aromatic carbocycles. The van der Waals surface area contributed by atoms with Crippen LogP contribution in [-0.2, 0) is 0 Å². The maximum Gasteiger partial charge on any atom is 0.179 e. The Morgan fingerprint density at radius 3 is 1.37 bits per heavy atom. The van der Waals surface area contributed by atoms with Crippen molar-refractivity contribution >= 4 is 10.9 Å². The van der Waals surface area contributed by atoms with E-state index in [4.69, 9.17) is 28.7 Å². The van der Waals surface area contributed by atoms with Crippen molar-refractivity contribution < 1.29 is 13.7 Å². The van der Waals surface area contributed by atoms with E-state index in [2.05, 4.69) is 9.97 Å². The summed E-state index contributed by atoms with van der Waals surface area (Å²) >= 11 is 0. The lowest BCUT2D eigenvalue weighted by Crippen LogP contribution is -1.97. The van der Waals surface area contributed by atoms with E-state index in [1.807, 2.05) is 109 Å². The van der Waals surface area contributed by atoms with Gasteiger partial charge in [0.25, 0.3) is 0 Å². The van der Waals surface area contributed by atoms with Gasteiger partial charge in [-0.2, -0.15) is 0 Å². The third-order valence-electron chi connectivity index (χ3n) is 8.52. The van der Waals surface area contributed by atoms with Gasteiger partial charge in [0.05, 0.1) is 42.0 Å². The van der Waals surface area contributed by atoms with Crippen LogP contribution in [-0.4, -0.2) is 24.9 Å². The number of pyridine rings is 1. The van der Waals surface area contributed by atoms with Crippen molar-refractivity contribution in [1.82, 2.24) is 24.9 Å². The van der Waals surface area contributed by atoms with E-state index >= 15 is 0 Å². The van der Waals surface area contributed by atoms with Crippen LogP contribution in [0.25, 0.3) is 90.0 Å². The monoisotopic (exact) mass is 675 g/mol. The van der Waals surface area contributed by atoms with Gasteiger partial charge in [0.2, 0.25) is 0 Å². The smallest absolute Gasteiger partial charge is 0.179 e. The van der Waals surface area contributed by atoms with Crippen LogP contribution in [0.2, 0.25) is 0 Å². The van der Waals surface area contributed by atoms with Crippen LogP contribution >= 0.6 is 0 Å². The second-order valence-electron chi connectivity index (χ2n) is 11.8. The van der Waals surface area contributed by atoms with Gasteiger partial charge in [-0.3, -0.25) is 0 Å². The summed E-state index contributed by atoms with van der Waals surface area (Å²) in [5.74, 6) is 0.548. The Balaban J connectivity index is 1.10. The fourth-order valence-corrected chi connectivity index (χ4v) is 5.89. The molecule has 0 radical (unpaired) electrons. The van der Waals surface area contributed by atoms with Crippen LogP contribution in [0.3, 0.4) is 0 Å². The fourth-order valence-electron chi connectivity index (χ4n) is 5.89. The summed E-state index contributed by atoms with van der Waals surface area (Å²) in [6.07, 6.45) is 0. The Kier molecular flexibility index (Phi) is 5.74. The van der Waals surface area contributed by atoms with Crippen LogP contribution in [0.1, 0.15) is 13.7 Å². The molecule has 52 heavy (non-hydrogen) atoms. The molecule has 0 bridgehead atoms. The molecule has 0 aliphatic rings. The van der Waals surface area contributed by atoms with E-state index in [1.165, 1.54) is 6.07 Å². The molecule has 0 saturated carbocycles. The zero-order valence-electron chi connectivity index (χ0n) is 37.4. The highest BCUT2D eigenvalue weighted by Crippen LogP contribution is 2.32. The highest BCUT2D eigenvalue weighted by Gasteiger charge is 2.14. The van der Waals surface area contributed by atoms with Crippen LogP contribution in [0, 0.1) is 0 Å². The molecular weight excluding hydrogens is 635 g/mol. The van der Waals surface area contributed by atoms with Gasteiger partial charge in [-0.05, 0) is 35.4 Å². The summed E-state index contributed by atoms with van der Waals surface area (Å²) in [5.41, 5.74) is 6.41. The summed E-state index contributed by atoms with van der Waals surface area (Å²) in [6, 6.07) is 34.7. The molecule has 0 fully saturated rings. The Labute approximate surface area is 316 Å². The van der Waals surface area contributed by atoms with E-state index in [9.17, 15) is 0 Å². The topological polar surface area (TPSA) is 64.5 Å². The molecule has 0 atom stereocenters. The highest BCUT2D eigenvalue weighted by molar-refractivity contribution is 5.82. The third-order valence-corrected chi connectivity index (χ3v) is 8.52. The van der Waals surface area contributed by atoms with E-state index in [1.54, 1.807) is 12.1 Å². The van der Waals surface area contributed by atoms with Gasteiger partial charge in [-0.25, -0.2) is 24.9 Å². The highest BCUT2D eigenvalue weighted by atomic mass is 14.9. The SMILES string of the molecule is [2H]c1c([2H])c([2H])c(-c2cc(-c3c([2H])c([2H])c([2H])c([2H])c3[2H])nc(-c3ccc(-c4ccc(-c5cc(-c6ccccc6)nc(-c6ccc7ccccc7n6)n5)cc4)cc3)n2)c([2H])c1[2H]. The lowest BCUT2D eigenvalue weighted by molar-refractivity contribution is 1.16. The maximum atomic E-state index is 8.62. The number of benzene rings is 6. The quantitative estimate of drug-likeness (QED) is 0.168. The summed E-state index contributed by atoms with van der Waals surface area (Å²) in [6.45, 7) is 0. The van der Waals surface area contributed by atoms with Gasteiger partial charge in [0.1, 0.15) is 5.69 Å². The second kappa shape index (κ2) is 13.7. The molecule has 0 amide bonds. The number of nitrogens with zero attached hydrogens (tertiary/aromatic N) is 5. The molecule has 0 saturated heterocycles. The normalized spacial score (nSPS) is 13.8. The summed E-state index contributed by atoms with van der Waals surface area (Å²) < 4.78 is 83.7. The second-order valence-corrected chi connectivity index (χ2v) is 11.8. The fraction of sp³-hybridized carbons (Fsp3) is 0.